The second-order valence-electron chi connectivity index (χ2n) is 8.99. The SMILES string of the molecule is Cc1nc2c(c3c1C(C)(c1ccc(OC(F)(F)F)cc1)OC31CCCC1)CCCC2. The molecule has 2 aliphatic carbocycles. The van der Waals surface area contributed by atoms with E-state index in [0.29, 0.717) is 0 Å². The summed E-state index contributed by atoms with van der Waals surface area (Å²) in [4.78, 5) is 4.97. The maximum Gasteiger partial charge on any atom is 0.573 e. The van der Waals surface area contributed by atoms with Crippen LogP contribution < -0.4 is 4.74 Å². The zero-order valence-corrected chi connectivity index (χ0v) is 17.4. The van der Waals surface area contributed by atoms with Gasteiger partial charge in [0.1, 0.15) is 11.4 Å². The Bertz CT molecular complexity index is 977. The number of fused-ring (bicyclic) bond motifs is 4. The van der Waals surface area contributed by atoms with Gasteiger partial charge in [0.2, 0.25) is 0 Å². The molecule has 3 nitrogen and oxygen atoms in total. The van der Waals surface area contributed by atoms with Crippen molar-refractivity contribution in [3.63, 3.8) is 0 Å². The molecule has 0 saturated heterocycles. The largest absolute Gasteiger partial charge is 0.573 e. The number of ether oxygens (including phenoxy) is 2. The second kappa shape index (κ2) is 6.71. The van der Waals surface area contributed by atoms with Gasteiger partial charge in [0.05, 0.1) is 5.60 Å². The number of alkyl halides is 3. The smallest absolute Gasteiger partial charge is 0.406 e. The van der Waals surface area contributed by atoms with Gasteiger partial charge in [-0.05, 0) is 81.2 Å². The highest BCUT2D eigenvalue weighted by Gasteiger charge is 2.55. The molecule has 2 aromatic rings. The van der Waals surface area contributed by atoms with Gasteiger partial charge < -0.3 is 9.47 Å². The summed E-state index contributed by atoms with van der Waals surface area (Å²) < 4.78 is 48.7. The van der Waals surface area contributed by atoms with Gasteiger partial charge in [-0.3, -0.25) is 4.98 Å². The van der Waals surface area contributed by atoms with E-state index in [1.807, 2.05) is 13.8 Å². The van der Waals surface area contributed by atoms with Gasteiger partial charge in [0, 0.05) is 17.0 Å². The second-order valence-corrected chi connectivity index (χ2v) is 8.99. The third-order valence-corrected chi connectivity index (χ3v) is 7.04. The number of aromatic nitrogens is 1. The first-order chi connectivity index (χ1) is 14.2. The summed E-state index contributed by atoms with van der Waals surface area (Å²) in [5.41, 5.74) is 5.81. The predicted molar refractivity (Wildman–Crippen MR) is 106 cm³/mol. The van der Waals surface area contributed by atoms with Gasteiger partial charge in [0.25, 0.3) is 0 Å². The number of rotatable bonds is 2. The van der Waals surface area contributed by atoms with Crippen LogP contribution in [0.4, 0.5) is 13.2 Å². The Morgan fingerprint density at radius 1 is 0.967 bits per heavy atom. The summed E-state index contributed by atoms with van der Waals surface area (Å²) in [5, 5.41) is 0. The molecule has 1 aliphatic heterocycles. The molecule has 0 N–H and O–H groups in total. The molecule has 1 spiro atoms. The van der Waals surface area contributed by atoms with E-state index in [2.05, 4.69) is 4.74 Å². The molecular formula is C24H26F3NO2. The average Bonchev–Trinajstić information content (AvgIpc) is 3.25. The average molecular weight is 417 g/mol. The van der Waals surface area contributed by atoms with E-state index in [0.717, 1.165) is 55.3 Å². The van der Waals surface area contributed by atoms with Crippen LogP contribution in [0.1, 0.15) is 79.1 Å². The quantitative estimate of drug-likeness (QED) is 0.580. The number of hydrogen-bond acceptors (Lipinski definition) is 3. The minimum atomic E-state index is -4.70. The van der Waals surface area contributed by atoms with Crippen molar-refractivity contribution in [1.82, 2.24) is 4.98 Å². The molecule has 0 bridgehead atoms. The van der Waals surface area contributed by atoms with E-state index in [1.165, 1.54) is 41.8 Å². The maximum absolute atomic E-state index is 12.6. The Kier molecular flexibility index (Phi) is 4.44. The minimum absolute atomic E-state index is 0.219. The van der Waals surface area contributed by atoms with E-state index >= 15 is 0 Å². The van der Waals surface area contributed by atoms with Crippen LogP contribution in [0, 0.1) is 6.92 Å². The molecule has 0 radical (unpaired) electrons. The summed E-state index contributed by atoms with van der Waals surface area (Å²) in [6.07, 6.45) is 3.92. The molecule has 1 fully saturated rings. The Labute approximate surface area is 174 Å². The van der Waals surface area contributed by atoms with E-state index in [-0.39, 0.29) is 11.4 Å². The van der Waals surface area contributed by atoms with E-state index in [1.54, 1.807) is 12.1 Å². The van der Waals surface area contributed by atoms with E-state index < -0.39 is 12.0 Å². The number of pyridine rings is 1. The first-order valence-electron chi connectivity index (χ1n) is 10.8. The number of aryl methyl sites for hydroxylation is 2. The molecule has 5 rings (SSSR count). The molecular weight excluding hydrogens is 391 g/mol. The zero-order valence-electron chi connectivity index (χ0n) is 17.4. The number of nitrogens with zero attached hydrogens (tertiary/aromatic N) is 1. The van der Waals surface area contributed by atoms with Gasteiger partial charge in [-0.25, -0.2) is 0 Å². The van der Waals surface area contributed by atoms with Crippen LogP contribution in [-0.2, 0) is 28.8 Å². The van der Waals surface area contributed by atoms with Crippen molar-refractivity contribution in [1.29, 1.82) is 0 Å². The van der Waals surface area contributed by atoms with Crippen LogP contribution in [0.15, 0.2) is 24.3 Å². The third kappa shape index (κ3) is 3.03. The minimum Gasteiger partial charge on any atom is -0.406 e. The molecule has 160 valence electrons. The standard InChI is InChI=1S/C24H26F3NO2/c1-15-20-21(18-7-3-4-8-19(18)28-15)23(13-5-6-14-23)30-22(20,2)16-9-11-17(12-10-16)29-24(25,26)27/h9-12H,3-8,13-14H2,1-2H3. The summed E-state index contributed by atoms with van der Waals surface area (Å²) in [6, 6.07) is 6.13. The fraction of sp³-hybridized carbons (Fsp3) is 0.542. The van der Waals surface area contributed by atoms with E-state index in [9.17, 15) is 13.2 Å². The van der Waals surface area contributed by atoms with Crippen LogP contribution in [-0.4, -0.2) is 11.3 Å². The van der Waals surface area contributed by atoms with E-state index in [4.69, 9.17) is 9.72 Å². The van der Waals surface area contributed by atoms with Crippen molar-refractivity contribution < 1.29 is 22.6 Å². The van der Waals surface area contributed by atoms with Crippen molar-refractivity contribution in [2.45, 2.75) is 82.8 Å². The monoisotopic (exact) mass is 417 g/mol. The van der Waals surface area contributed by atoms with Crippen molar-refractivity contribution in [2.24, 2.45) is 0 Å². The molecule has 6 heteroatoms. The van der Waals surface area contributed by atoms with Crippen LogP contribution in [0.3, 0.4) is 0 Å². The van der Waals surface area contributed by atoms with Crippen LogP contribution in [0.5, 0.6) is 5.75 Å². The third-order valence-electron chi connectivity index (χ3n) is 7.04. The Morgan fingerprint density at radius 2 is 1.63 bits per heavy atom. The Hall–Kier alpha value is -2.08. The summed E-state index contributed by atoms with van der Waals surface area (Å²) in [7, 11) is 0. The molecule has 0 amide bonds. The molecule has 1 aromatic carbocycles. The summed E-state index contributed by atoms with van der Waals surface area (Å²) in [6.45, 7) is 4.09. The fourth-order valence-electron chi connectivity index (χ4n) is 5.93. The first kappa shape index (κ1) is 19.9. The van der Waals surface area contributed by atoms with Gasteiger partial charge in [0.15, 0.2) is 0 Å². The van der Waals surface area contributed by atoms with Crippen LogP contribution in [0.25, 0.3) is 0 Å². The van der Waals surface area contributed by atoms with Crippen LogP contribution in [0.2, 0.25) is 0 Å². The van der Waals surface area contributed by atoms with Crippen molar-refractivity contribution >= 4 is 0 Å². The van der Waals surface area contributed by atoms with Crippen molar-refractivity contribution in [3.8, 4) is 5.75 Å². The molecule has 30 heavy (non-hydrogen) atoms. The van der Waals surface area contributed by atoms with Gasteiger partial charge in [-0.1, -0.05) is 25.0 Å². The highest BCUT2D eigenvalue weighted by Crippen LogP contribution is 2.59. The zero-order chi connectivity index (χ0) is 21.1. The molecule has 1 atom stereocenters. The molecule has 1 aromatic heterocycles. The number of benzene rings is 1. The first-order valence-corrected chi connectivity index (χ1v) is 10.8. The molecule has 1 unspecified atom stereocenters. The predicted octanol–water partition coefficient (Wildman–Crippen LogP) is 6.23. The Morgan fingerprint density at radius 3 is 2.30 bits per heavy atom. The van der Waals surface area contributed by atoms with Gasteiger partial charge >= 0.3 is 6.36 Å². The lowest BCUT2D eigenvalue weighted by molar-refractivity contribution is -0.274. The molecule has 3 aliphatic rings. The van der Waals surface area contributed by atoms with Crippen molar-refractivity contribution in [2.75, 3.05) is 0 Å². The van der Waals surface area contributed by atoms with Gasteiger partial charge in [-0.15, -0.1) is 13.2 Å². The molecule has 1 saturated carbocycles. The molecule has 2 heterocycles. The highest BCUT2D eigenvalue weighted by molar-refractivity contribution is 5.55. The summed E-state index contributed by atoms with van der Waals surface area (Å²) >= 11 is 0. The Balaban J connectivity index is 1.65. The highest BCUT2D eigenvalue weighted by atomic mass is 19.4. The lowest BCUT2D eigenvalue weighted by atomic mass is 9.77. The fourth-order valence-corrected chi connectivity index (χ4v) is 5.93. The lowest BCUT2D eigenvalue weighted by Crippen LogP contribution is -2.29. The van der Waals surface area contributed by atoms with Crippen molar-refractivity contribution in [3.05, 3.63) is 57.9 Å². The van der Waals surface area contributed by atoms with Gasteiger partial charge in [-0.2, -0.15) is 0 Å². The lowest BCUT2D eigenvalue weighted by Gasteiger charge is -2.32. The number of hydrogen-bond donors (Lipinski definition) is 0. The van der Waals surface area contributed by atoms with Crippen LogP contribution >= 0.6 is 0 Å². The maximum atomic E-state index is 12.6. The summed E-state index contributed by atoms with van der Waals surface area (Å²) in [5.74, 6) is -0.219. The topological polar surface area (TPSA) is 31.4 Å². The normalized spacial score (nSPS) is 24.7. The number of halogens is 3.